The van der Waals surface area contributed by atoms with Gasteiger partial charge in [0.05, 0.1) is 79.1 Å². The first-order chi connectivity index (χ1) is 17.7. The van der Waals surface area contributed by atoms with Gasteiger partial charge >= 0.3 is 5.97 Å². The van der Waals surface area contributed by atoms with Gasteiger partial charge in [-0.25, -0.2) is 0 Å². The maximum atomic E-state index is 11.3. The molecule has 1 rings (SSSR count). The molecule has 0 atom stereocenters. The predicted molar refractivity (Wildman–Crippen MR) is 131 cm³/mol. The number of carbonyl (C=O) groups excluding carboxylic acids is 1. The number of rotatable bonds is 26. The number of ether oxygens (including phenoxy) is 7. The maximum Gasteiger partial charge on any atom is 0.303 e. The standard InChI is InChI=1S/C25H41NO10/c27-24(7-8-25(28)29)26-9-4-10-30-11-12-31-13-14-32-15-16-33-17-18-34-19-20-35-21-22-36-23-5-2-1-3-6-23/h1-3,5-6H,4,7-22H2,(H,26,27)(H,28,29). The number of nitrogens with one attached hydrogen (secondary N) is 1. The van der Waals surface area contributed by atoms with Crippen LogP contribution < -0.4 is 10.1 Å². The summed E-state index contributed by atoms with van der Waals surface area (Å²) < 4.78 is 38.1. The van der Waals surface area contributed by atoms with Crippen LogP contribution in [0.5, 0.6) is 5.75 Å². The Bertz CT molecular complexity index is 647. The van der Waals surface area contributed by atoms with Crippen LogP contribution in [0, 0.1) is 0 Å². The highest BCUT2D eigenvalue weighted by atomic mass is 16.6. The number of aliphatic carboxylic acids is 1. The highest BCUT2D eigenvalue weighted by molar-refractivity contribution is 5.80. The van der Waals surface area contributed by atoms with Crippen molar-refractivity contribution in [1.29, 1.82) is 0 Å². The molecule has 36 heavy (non-hydrogen) atoms. The van der Waals surface area contributed by atoms with Crippen molar-refractivity contribution in [3.05, 3.63) is 30.3 Å². The third kappa shape index (κ3) is 22.2. The van der Waals surface area contributed by atoms with Gasteiger partial charge in [-0.3, -0.25) is 9.59 Å². The molecular weight excluding hydrogens is 474 g/mol. The molecule has 0 unspecified atom stereocenters. The Morgan fingerprint density at radius 1 is 0.611 bits per heavy atom. The lowest BCUT2D eigenvalue weighted by Gasteiger charge is -2.09. The normalized spacial score (nSPS) is 10.9. The molecule has 0 aliphatic carbocycles. The highest BCUT2D eigenvalue weighted by Crippen LogP contribution is 2.07. The molecule has 1 aromatic rings. The van der Waals surface area contributed by atoms with Gasteiger partial charge in [0.15, 0.2) is 0 Å². The number of amides is 1. The number of carboxylic acids is 1. The summed E-state index contributed by atoms with van der Waals surface area (Å²) in [5.41, 5.74) is 0. The lowest BCUT2D eigenvalue weighted by Crippen LogP contribution is -2.25. The lowest BCUT2D eigenvalue weighted by atomic mass is 10.3. The number of carboxylic acid groups (broad SMARTS) is 1. The smallest absolute Gasteiger partial charge is 0.303 e. The largest absolute Gasteiger partial charge is 0.491 e. The van der Waals surface area contributed by atoms with Crippen molar-refractivity contribution < 1.29 is 47.9 Å². The predicted octanol–water partition coefficient (Wildman–Crippen LogP) is 1.54. The second kappa shape index (κ2) is 24.4. The summed E-state index contributed by atoms with van der Waals surface area (Å²) in [5.74, 6) is -0.405. The Hall–Kier alpha value is -2.28. The molecule has 0 heterocycles. The van der Waals surface area contributed by atoms with Gasteiger partial charge in [-0.2, -0.15) is 0 Å². The van der Waals surface area contributed by atoms with E-state index in [1.54, 1.807) is 0 Å². The maximum absolute atomic E-state index is 11.3. The average molecular weight is 516 g/mol. The molecule has 11 heteroatoms. The minimum atomic E-state index is -0.979. The summed E-state index contributed by atoms with van der Waals surface area (Å²) in [4.78, 5) is 21.7. The van der Waals surface area contributed by atoms with Crippen LogP contribution in [0.4, 0.5) is 0 Å². The van der Waals surface area contributed by atoms with Crippen molar-refractivity contribution in [2.24, 2.45) is 0 Å². The molecule has 11 nitrogen and oxygen atoms in total. The zero-order chi connectivity index (χ0) is 25.9. The van der Waals surface area contributed by atoms with Crippen molar-refractivity contribution in [1.82, 2.24) is 5.32 Å². The molecule has 0 fully saturated rings. The molecule has 0 bridgehead atoms. The second-order valence-corrected chi connectivity index (χ2v) is 7.43. The van der Waals surface area contributed by atoms with Gasteiger partial charge in [-0.1, -0.05) is 18.2 Å². The van der Waals surface area contributed by atoms with Crippen molar-refractivity contribution in [2.75, 3.05) is 92.4 Å². The van der Waals surface area contributed by atoms with Crippen LogP contribution in [0.3, 0.4) is 0 Å². The van der Waals surface area contributed by atoms with Crippen LogP contribution in [0.15, 0.2) is 30.3 Å². The molecule has 0 spiro atoms. The van der Waals surface area contributed by atoms with Gasteiger partial charge in [-0.15, -0.1) is 0 Å². The highest BCUT2D eigenvalue weighted by Gasteiger charge is 2.04. The van der Waals surface area contributed by atoms with Crippen molar-refractivity contribution in [3.8, 4) is 5.75 Å². The summed E-state index contributed by atoms with van der Waals surface area (Å²) in [5, 5.41) is 11.1. The van der Waals surface area contributed by atoms with E-state index in [4.69, 9.17) is 38.3 Å². The zero-order valence-corrected chi connectivity index (χ0v) is 21.0. The SMILES string of the molecule is O=C(O)CCC(=O)NCCCOCCOCCOCCOCCOCCOCCOc1ccccc1. The fraction of sp³-hybridized carbons (Fsp3) is 0.680. The number of carbonyl (C=O) groups is 2. The van der Waals surface area contributed by atoms with Gasteiger partial charge in [0.1, 0.15) is 12.4 Å². The van der Waals surface area contributed by atoms with E-state index in [0.29, 0.717) is 98.9 Å². The molecule has 0 aliphatic heterocycles. The molecule has 0 saturated heterocycles. The first-order valence-electron chi connectivity index (χ1n) is 12.3. The molecule has 0 aliphatic rings. The van der Waals surface area contributed by atoms with E-state index in [0.717, 1.165) is 5.75 Å². The van der Waals surface area contributed by atoms with Crippen LogP contribution in [0.1, 0.15) is 19.3 Å². The quantitative estimate of drug-likeness (QED) is 0.175. The second-order valence-electron chi connectivity index (χ2n) is 7.43. The Kier molecular flexibility index (Phi) is 21.5. The number of hydrogen-bond acceptors (Lipinski definition) is 9. The first-order valence-corrected chi connectivity index (χ1v) is 12.3. The topological polar surface area (TPSA) is 131 Å². The summed E-state index contributed by atoms with van der Waals surface area (Å²) in [6.45, 7) is 6.87. The molecule has 2 N–H and O–H groups in total. The minimum Gasteiger partial charge on any atom is -0.491 e. The summed E-state index contributed by atoms with van der Waals surface area (Å²) in [7, 11) is 0. The number of hydrogen-bond donors (Lipinski definition) is 2. The van der Waals surface area contributed by atoms with Crippen LogP contribution in [-0.4, -0.2) is 109 Å². The zero-order valence-electron chi connectivity index (χ0n) is 21.0. The molecule has 0 radical (unpaired) electrons. The summed E-state index contributed by atoms with van der Waals surface area (Å²) in [6, 6.07) is 9.62. The Balaban J connectivity index is 1.67. The van der Waals surface area contributed by atoms with E-state index in [9.17, 15) is 9.59 Å². The Morgan fingerprint density at radius 3 is 1.53 bits per heavy atom. The van der Waals surface area contributed by atoms with Gasteiger partial charge in [-0.05, 0) is 18.6 Å². The van der Waals surface area contributed by atoms with E-state index in [1.165, 1.54) is 0 Å². The fourth-order valence-corrected chi connectivity index (χ4v) is 2.65. The average Bonchev–Trinajstić information content (AvgIpc) is 2.88. The van der Waals surface area contributed by atoms with Gasteiger partial charge in [0, 0.05) is 19.6 Å². The van der Waals surface area contributed by atoms with Gasteiger partial charge in [0.2, 0.25) is 5.91 Å². The monoisotopic (exact) mass is 515 g/mol. The summed E-state index contributed by atoms with van der Waals surface area (Å²) in [6.07, 6.45) is 0.496. The van der Waals surface area contributed by atoms with Gasteiger partial charge < -0.3 is 43.6 Å². The lowest BCUT2D eigenvalue weighted by molar-refractivity contribution is -0.138. The fourth-order valence-electron chi connectivity index (χ4n) is 2.65. The third-order valence-corrected chi connectivity index (χ3v) is 4.45. The van der Waals surface area contributed by atoms with Crippen molar-refractivity contribution in [2.45, 2.75) is 19.3 Å². The molecule has 1 amide bonds. The van der Waals surface area contributed by atoms with Crippen molar-refractivity contribution >= 4 is 11.9 Å². The van der Waals surface area contributed by atoms with Crippen LogP contribution in [0.2, 0.25) is 0 Å². The van der Waals surface area contributed by atoms with E-state index >= 15 is 0 Å². The van der Waals surface area contributed by atoms with Gasteiger partial charge in [0.25, 0.3) is 0 Å². The van der Waals surface area contributed by atoms with E-state index in [1.807, 2.05) is 30.3 Å². The van der Waals surface area contributed by atoms with Crippen molar-refractivity contribution in [3.63, 3.8) is 0 Å². The summed E-state index contributed by atoms with van der Waals surface area (Å²) >= 11 is 0. The Labute approximate surface area is 213 Å². The number of benzene rings is 1. The number of para-hydroxylation sites is 1. The molecule has 206 valence electrons. The van der Waals surface area contributed by atoms with Crippen LogP contribution in [0.25, 0.3) is 0 Å². The first kappa shape index (κ1) is 31.7. The molecule has 0 aromatic heterocycles. The molecule has 1 aromatic carbocycles. The van der Waals surface area contributed by atoms with Crippen LogP contribution in [-0.2, 0) is 38.0 Å². The minimum absolute atomic E-state index is 0.00423. The van der Waals surface area contributed by atoms with E-state index in [2.05, 4.69) is 5.32 Å². The third-order valence-electron chi connectivity index (χ3n) is 4.45. The Morgan fingerprint density at radius 2 is 1.06 bits per heavy atom. The van der Waals surface area contributed by atoms with E-state index < -0.39 is 5.97 Å². The molecule has 0 saturated carbocycles. The van der Waals surface area contributed by atoms with E-state index in [-0.39, 0.29) is 18.7 Å². The molecular formula is C25H41NO10. The van der Waals surface area contributed by atoms with Crippen LogP contribution >= 0.6 is 0 Å².